The van der Waals surface area contributed by atoms with Crippen LogP contribution in [0.2, 0.25) is 0 Å². The third kappa shape index (κ3) is 5.47. The van der Waals surface area contributed by atoms with Crippen molar-refractivity contribution in [1.29, 1.82) is 0 Å². The van der Waals surface area contributed by atoms with Crippen molar-refractivity contribution in [2.24, 2.45) is 0 Å². The highest BCUT2D eigenvalue weighted by molar-refractivity contribution is 7.09. The summed E-state index contributed by atoms with van der Waals surface area (Å²) in [5, 5.41) is 11.5. The van der Waals surface area contributed by atoms with Crippen LogP contribution in [0, 0.1) is 5.82 Å². The Balaban J connectivity index is 1.53. The van der Waals surface area contributed by atoms with E-state index in [-0.39, 0.29) is 12.4 Å². The van der Waals surface area contributed by atoms with E-state index in [0.29, 0.717) is 6.04 Å². The number of halogens is 1. The molecule has 1 N–H and O–H groups in total. The van der Waals surface area contributed by atoms with E-state index < -0.39 is 0 Å². The van der Waals surface area contributed by atoms with E-state index in [4.69, 9.17) is 0 Å². The van der Waals surface area contributed by atoms with E-state index in [0.717, 1.165) is 44.7 Å². The van der Waals surface area contributed by atoms with Crippen molar-refractivity contribution in [3.8, 4) is 0 Å². The van der Waals surface area contributed by atoms with Gasteiger partial charge in [0.05, 0.1) is 0 Å². The van der Waals surface area contributed by atoms with Gasteiger partial charge in [0.2, 0.25) is 0 Å². The van der Waals surface area contributed by atoms with Crippen LogP contribution in [-0.2, 0) is 6.54 Å². The monoisotopic (exact) mass is 360 g/mol. The van der Waals surface area contributed by atoms with Gasteiger partial charge < -0.3 is 5.11 Å². The van der Waals surface area contributed by atoms with Crippen LogP contribution in [-0.4, -0.2) is 53.7 Å². The minimum atomic E-state index is -0.203. The van der Waals surface area contributed by atoms with Crippen LogP contribution < -0.4 is 0 Å². The topological polar surface area (TPSA) is 26.7 Å². The fraction of sp³-hybridized carbons (Fsp3) is 0.400. The molecule has 1 aliphatic rings. The van der Waals surface area contributed by atoms with E-state index in [1.54, 1.807) is 23.5 Å². The summed E-state index contributed by atoms with van der Waals surface area (Å²) in [6, 6.07) is 11.2. The number of benzene rings is 1. The van der Waals surface area contributed by atoms with E-state index in [1.165, 1.54) is 17.0 Å². The third-order valence-electron chi connectivity index (χ3n) is 4.63. The lowest BCUT2D eigenvalue weighted by Crippen LogP contribution is -2.52. The van der Waals surface area contributed by atoms with Crippen molar-refractivity contribution in [2.45, 2.75) is 19.0 Å². The van der Waals surface area contributed by atoms with Crippen LogP contribution in [0.4, 0.5) is 4.39 Å². The Morgan fingerprint density at radius 1 is 1.20 bits per heavy atom. The molecule has 0 amide bonds. The molecule has 3 rings (SSSR count). The number of aliphatic hydroxyl groups excluding tert-OH is 1. The van der Waals surface area contributed by atoms with Gasteiger partial charge in [-0.3, -0.25) is 9.80 Å². The quantitative estimate of drug-likeness (QED) is 0.819. The van der Waals surface area contributed by atoms with E-state index in [9.17, 15) is 9.50 Å². The Hall–Kier alpha value is -1.53. The van der Waals surface area contributed by atoms with Gasteiger partial charge in [0.15, 0.2) is 0 Å². The summed E-state index contributed by atoms with van der Waals surface area (Å²) in [5.41, 5.74) is 1.02. The minimum absolute atomic E-state index is 0.203. The van der Waals surface area contributed by atoms with Crippen molar-refractivity contribution in [2.75, 3.05) is 32.8 Å². The molecule has 0 unspecified atom stereocenters. The first kappa shape index (κ1) is 18.3. The normalized spacial score (nSPS) is 19.7. The Morgan fingerprint density at radius 2 is 2.04 bits per heavy atom. The molecule has 0 aliphatic carbocycles. The van der Waals surface area contributed by atoms with Gasteiger partial charge >= 0.3 is 0 Å². The molecular formula is C20H25FN2OS. The fourth-order valence-corrected chi connectivity index (χ4v) is 4.00. The maximum absolute atomic E-state index is 12.9. The maximum atomic E-state index is 12.9. The van der Waals surface area contributed by atoms with Gasteiger partial charge in [-0.25, -0.2) is 4.39 Å². The lowest BCUT2D eigenvalue weighted by Gasteiger charge is -2.41. The fourth-order valence-electron chi connectivity index (χ4n) is 3.27. The summed E-state index contributed by atoms with van der Waals surface area (Å²) < 4.78 is 12.9. The number of rotatable bonds is 7. The van der Waals surface area contributed by atoms with Crippen LogP contribution in [0.15, 0.2) is 47.9 Å². The summed E-state index contributed by atoms with van der Waals surface area (Å²) in [6.45, 7) is 5.10. The largest absolute Gasteiger partial charge is 0.396 e. The molecule has 0 bridgehead atoms. The molecule has 134 valence electrons. The molecule has 1 aromatic heterocycles. The first-order chi connectivity index (χ1) is 12.2. The van der Waals surface area contributed by atoms with E-state index in [2.05, 4.69) is 33.4 Å². The Kier molecular flexibility index (Phi) is 6.76. The van der Waals surface area contributed by atoms with Crippen molar-refractivity contribution < 1.29 is 9.50 Å². The van der Waals surface area contributed by atoms with Crippen molar-refractivity contribution >= 4 is 17.4 Å². The first-order valence-corrected chi connectivity index (χ1v) is 9.64. The summed E-state index contributed by atoms with van der Waals surface area (Å²) in [7, 11) is 0. The predicted molar refractivity (Wildman–Crippen MR) is 102 cm³/mol. The molecule has 2 heterocycles. The third-order valence-corrected chi connectivity index (χ3v) is 5.50. The highest BCUT2D eigenvalue weighted by atomic mass is 32.1. The summed E-state index contributed by atoms with van der Waals surface area (Å²) >= 11 is 1.79. The molecule has 0 spiro atoms. The van der Waals surface area contributed by atoms with Crippen LogP contribution in [0.25, 0.3) is 6.08 Å². The number of nitrogens with zero attached hydrogens (tertiary/aromatic N) is 2. The van der Waals surface area contributed by atoms with Gasteiger partial charge in [0.1, 0.15) is 5.82 Å². The van der Waals surface area contributed by atoms with Crippen LogP contribution >= 0.6 is 11.3 Å². The van der Waals surface area contributed by atoms with Gasteiger partial charge in [-0.1, -0.05) is 30.4 Å². The smallest absolute Gasteiger partial charge is 0.123 e. The second kappa shape index (κ2) is 9.25. The standard InChI is InChI=1S/C20H25FN2OS/c21-18-7-5-17(6-8-18)3-1-10-22-11-12-23(19(15-22)9-13-24)16-20-4-2-14-25-20/h1-8,14,19,24H,9-13,15-16H2/b3-1+/t19-/m1/s1. The molecule has 25 heavy (non-hydrogen) atoms. The summed E-state index contributed by atoms with van der Waals surface area (Å²) in [4.78, 5) is 6.29. The van der Waals surface area contributed by atoms with Crippen molar-refractivity contribution in [3.63, 3.8) is 0 Å². The Labute approximate surface area is 153 Å². The number of aliphatic hydroxyl groups is 1. The number of hydrogen-bond acceptors (Lipinski definition) is 4. The number of piperazine rings is 1. The van der Waals surface area contributed by atoms with Gasteiger partial charge in [-0.15, -0.1) is 11.3 Å². The second-order valence-electron chi connectivity index (χ2n) is 6.43. The van der Waals surface area contributed by atoms with Gasteiger partial charge in [0, 0.05) is 50.2 Å². The van der Waals surface area contributed by atoms with E-state index in [1.807, 2.05) is 6.08 Å². The molecule has 0 saturated carbocycles. The zero-order chi connectivity index (χ0) is 17.5. The molecule has 0 radical (unpaired) electrons. The summed E-state index contributed by atoms with van der Waals surface area (Å²) in [5.74, 6) is -0.203. The summed E-state index contributed by atoms with van der Waals surface area (Å²) in [6.07, 6.45) is 4.99. The lowest BCUT2D eigenvalue weighted by molar-refractivity contribution is 0.0604. The Morgan fingerprint density at radius 3 is 2.76 bits per heavy atom. The lowest BCUT2D eigenvalue weighted by atomic mass is 10.1. The SMILES string of the molecule is OCC[C@@H]1CN(C/C=C/c2ccc(F)cc2)CCN1Cc1cccs1. The van der Waals surface area contributed by atoms with Gasteiger partial charge in [0.25, 0.3) is 0 Å². The second-order valence-corrected chi connectivity index (χ2v) is 7.46. The van der Waals surface area contributed by atoms with Crippen LogP contribution in [0.1, 0.15) is 16.9 Å². The average molecular weight is 360 g/mol. The molecular weight excluding hydrogens is 335 g/mol. The molecule has 2 aromatic rings. The number of hydrogen-bond donors (Lipinski definition) is 1. The first-order valence-electron chi connectivity index (χ1n) is 8.76. The average Bonchev–Trinajstić information content (AvgIpc) is 3.12. The molecule has 1 aliphatic heterocycles. The predicted octanol–water partition coefficient (Wildman–Crippen LogP) is 3.47. The Bertz CT molecular complexity index is 657. The zero-order valence-electron chi connectivity index (χ0n) is 14.4. The molecule has 1 fully saturated rings. The zero-order valence-corrected chi connectivity index (χ0v) is 15.2. The van der Waals surface area contributed by atoms with Gasteiger partial charge in [-0.05, 0) is 35.6 Å². The molecule has 5 heteroatoms. The van der Waals surface area contributed by atoms with E-state index >= 15 is 0 Å². The molecule has 1 saturated heterocycles. The molecule has 1 atom stereocenters. The van der Waals surface area contributed by atoms with Crippen LogP contribution in [0.3, 0.4) is 0 Å². The number of thiophene rings is 1. The maximum Gasteiger partial charge on any atom is 0.123 e. The van der Waals surface area contributed by atoms with Crippen LogP contribution in [0.5, 0.6) is 0 Å². The van der Waals surface area contributed by atoms with Crippen molar-refractivity contribution in [3.05, 3.63) is 64.1 Å². The molecule has 1 aromatic carbocycles. The molecule has 3 nitrogen and oxygen atoms in total. The van der Waals surface area contributed by atoms with Crippen molar-refractivity contribution in [1.82, 2.24) is 9.80 Å². The highest BCUT2D eigenvalue weighted by Gasteiger charge is 2.26. The minimum Gasteiger partial charge on any atom is -0.396 e. The van der Waals surface area contributed by atoms with Gasteiger partial charge in [-0.2, -0.15) is 0 Å². The highest BCUT2D eigenvalue weighted by Crippen LogP contribution is 2.19.